The Morgan fingerprint density at radius 2 is 1.33 bits per heavy atom. The lowest BCUT2D eigenvalue weighted by Gasteiger charge is -2.46. The van der Waals surface area contributed by atoms with Crippen LogP contribution in [0.15, 0.2) is 72.5 Å². The van der Waals surface area contributed by atoms with Crippen molar-refractivity contribution in [2.75, 3.05) is 6.61 Å². The molecule has 1 aliphatic rings. The number of aliphatic hydroxyl groups excluding tert-OH is 1. The van der Waals surface area contributed by atoms with Crippen molar-refractivity contribution in [3.63, 3.8) is 0 Å². The lowest BCUT2D eigenvalue weighted by Crippen LogP contribution is -2.66. The molecule has 3 rings (SSSR count). The third-order valence-corrected chi connectivity index (χ3v) is 20.4. The predicted molar refractivity (Wildman–Crippen MR) is 183 cm³/mol. The van der Waals surface area contributed by atoms with E-state index in [0.717, 1.165) is 25.0 Å². The Morgan fingerprint density at radius 3 is 1.76 bits per heavy atom. The Bertz CT molecular complexity index is 1040. The predicted octanol–water partition coefficient (Wildman–Crippen LogP) is 8.35. The molecule has 0 spiro atoms. The van der Waals surface area contributed by atoms with Crippen LogP contribution in [0.5, 0.6) is 0 Å². The van der Waals surface area contributed by atoms with E-state index >= 15 is 0 Å². The number of benzene rings is 2. The highest BCUT2D eigenvalue weighted by Gasteiger charge is 2.50. The molecule has 0 fully saturated rings. The molecular weight excluding hydrogens is 553 g/mol. The Morgan fingerprint density at radius 1 is 0.833 bits per heavy atom. The molecule has 1 heterocycles. The van der Waals surface area contributed by atoms with Gasteiger partial charge in [-0.3, -0.25) is 0 Å². The average Bonchev–Trinajstić information content (AvgIpc) is 2.92. The first kappa shape index (κ1) is 34.8. The summed E-state index contributed by atoms with van der Waals surface area (Å²) >= 11 is 0. The topological polar surface area (TPSA) is 47.9 Å². The van der Waals surface area contributed by atoms with Crippen LogP contribution in [0.3, 0.4) is 0 Å². The highest BCUT2D eigenvalue weighted by Crippen LogP contribution is 2.44. The molecule has 1 N–H and O–H groups in total. The van der Waals surface area contributed by atoms with Crippen LogP contribution in [-0.2, 0) is 13.6 Å². The molecule has 0 bridgehead atoms. The number of rotatable bonds is 14. The van der Waals surface area contributed by atoms with Crippen LogP contribution >= 0.6 is 0 Å². The molecule has 2 aromatic rings. The van der Waals surface area contributed by atoms with Crippen molar-refractivity contribution in [1.29, 1.82) is 0 Å². The maximum Gasteiger partial charge on any atom is 0.261 e. The van der Waals surface area contributed by atoms with Crippen LogP contribution in [0.25, 0.3) is 0 Å². The Kier molecular flexibility index (Phi) is 12.3. The highest BCUT2D eigenvalue weighted by atomic mass is 28.4. The van der Waals surface area contributed by atoms with Gasteiger partial charge in [-0.1, -0.05) is 123 Å². The number of ether oxygens (including phenoxy) is 1. The zero-order valence-electron chi connectivity index (χ0n) is 28.0. The Labute approximate surface area is 259 Å². The average molecular weight is 611 g/mol. The summed E-state index contributed by atoms with van der Waals surface area (Å²) < 4.78 is 21.1. The molecule has 234 valence electrons. The molecule has 3 atom stereocenters. The van der Waals surface area contributed by atoms with Crippen LogP contribution in [0.1, 0.15) is 94.9 Å². The van der Waals surface area contributed by atoms with E-state index in [1.807, 2.05) is 6.92 Å². The zero-order valence-corrected chi connectivity index (χ0v) is 30.0. The van der Waals surface area contributed by atoms with Gasteiger partial charge >= 0.3 is 0 Å². The second-order valence-corrected chi connectivity index (χ2v) is 24.0. The fourth-order valence-electron chi connectivity index (χ4n) is 7.36. The van der Waals surface area contributed by atoms with Crippen molar-refractivity contribution in [3.8, 4) is 0 Å². The van der Waals surface area contributed by atoms with Crippen LogP contribution in [0.4, 0.5) is 0 Å². The number of allylic oxidation sites excluding steroid dienone is 1. The molecule has 0 aliphatic carbocycles. The van der Waals surface area contributed by atoms with Gasteiger partial charge in [-0.2, -0.15) is 0 Å². The number of hydrogen-bond donors (Lipinski definition) is 1. The number of aliphatic hydroxyl groups is 1. The molecule has 6 heteroatoms. The lowest BCUT2D eigenvalue weighted by molar-refractivity contribution is 0.0258. The molecule has 0 aromatic heterocycles. The van der Waals surface area contributed by atoms with E-state index in [9.17, 15) is 5.11 Å². The second-order valence-electron chi connectivity index (χ2n) is 14.3. The maximum atomic E-state index is 10.0. The van der Waals surface area contributed by atoms with Crippen molar-refractivity contribution in [2.24, 2.45) is 0 Å². The number of hydrogen-bond acceptors (Lipinski definition) is 4. The summed E-state index contributed by atoms with van der Waals surface area (Å²) in [7, 11) is -4.68. The van der Waals surface area contributed by atoms with Gasteiger partial charge in [-0.25, -0.2) is 0 Å². The quantitative estimate of drug-likeness (QED) is 0.218. The third-order valence-electron chi connectivity index (χ3n) is 9.23. The minimum Gasteiger partial charge on any atom is -0.495 e. The molecule has 42 heavy (non-hydrogen) atoms. The summed E-state index contributed by atoms with van der Waals surface area (Å²) in [5, 5.41) is 12.6. The van der Waals surface area contributed by atoms with Crippen molar-refractivity contribution < 1.29 is 18.7 Å². The molecule has 2 aromatic carbocycles. The normalized spacial score (nSPS) is 19.2. The van der Waals surface area contributed by atoms with Crippen molar-refractivity contribution >= 4 is 27.0 Å². The van der Waals surface area contributed by atoms with Gasteiger partial charge in [-0.05, 0) is 51.5 Å². The monoisotopic (exact) mass is 610 g/mol. The summed E-state index contributed by atoms with van der Waals surface area (Å²) in [6.07, 6.45) is 4.95. The van der Waals surface area contributed by atoms with E-state index in [2.05, 4.69) is 129 Å². The van der Waals surface area contributed by atoms with Gasteiger partial charge in [0, 0.05) is 25.9 Å². The first-order chi connectivity index (χ1) is 19.7. The zero-order chi connectivity index (χ0) is 31.1. The Hall–Kier alpha value is -1.71. The smallest absolute Gasteiger partial charge is 0.261 e. The molecule has 0 saturated carbocycles. The van der Waals surface area contributed by atoms with Gasteiger partial charge in [0.25, 0.3) is 8.32 Å². The van der Waals surface area contributed by atoms with Crippen molar-refractivity contribution in [3.05, 3.63) is 72.5 Å². The van der Waals surface area contributed by atoms with Crippen molar-refractivity contribution in [2.45, 2.75) is 135 Å². The summed E-state index contributed by atoms with van der Waals surface area (Å²) in [5.74, 6) is 0.960. The van der Waals surface area contributed by atoms with Crippen LogP contribution in [0, 0.1) is 0 Å². The highest BCUT2D eigenvalue weighted by molar-refractivity contribution is 6.99. The molecular formula is C36H58O4Si2. The van der Waals surface area contributed by atoms with Gasteiger partial charge in [0.05, 0.1) is 18.0 Å². The summed E-state index contributed by atoms with van der Waals surface area (Å²) in [4.78, 5) is 0. The van der Waals surface area contributed by atoms with Gasteiger partial charge in [-0.15, -0.1) is 0 Å². The van der Waals surface area contributed by atoms with E-state index in [1.165, 1.54) is 10.4 Å². The molecule has 0 saturated heterocycles. The molecule has 1 aliphatic heterocycles. The minimum absolute atomic E-state index is 0.0143. The third kappa shape index (κ3) is 7.86. The molecule has 0 radical (unpaired) electrons. The van der Waals surface area contributed by atoms with Gasteiger partial charge in [0.1, 0.15) is 6.10 Å². The summed E-state index contributed by atoms with van der Waals surface area (Å²) in [6, 6.07) is 21.7. The van der Waals surface area contributed by atoms with Crippen LogP contribution in [0.2, 0.25) is 21.7 Å². The van der Waals surface area contributed by atoms with Crippen molar-refractivity contribution in [1.82, 2.24) is 0 Å². The first-order valence-electron chi connectivity index (χ1n) is 16.2. The maximum absolute atomic E-state index is 10.0. The minimum atomic E-state index is -2.61. The van der Waals surface area contributed by atoms with E-state index in [0.29, 0.717) is 29.7 Å². The summed E-state index contributed by atoms with van der Waals surface area (Å²) in [5.41, 5.74) is 1.56. The SMILES string of the molecule is CC(C)[Si](O[C@@H]1C=C(CC[C@H](C)O)O[C@H](CCO[Si](c2ccccc2)(c2ccccc2)C(C)(C)C)C1)(C(C)C)C(C)C. The lowest BCUT2D eigenvalue weighted by atomic mass is 10.0. The van der Waals surface area contributed by atoms with Crippen LogP contribution < -0.4 is 10.4 Å². The van der Waals surface area contributed by atoms with E-state index in [4.69, 9.17) is 13.6 Å². The standard InChI is InChI=1S/C36H58O4Si2/c1-27(2)41(28(3)4,29(5)6)40-33-25-31(22-21-30(7)37)39-32(26-33)23-24-38-42(36(8,9)10,34-17-13-11-14-18-34)35-19-15-12-16-20-35/h11-20,25,27-30,32-33,37H,21-24,26H2,1-10H3/t30-,32+,33+/m0/s1. The Balaban J connectivity index is 1.89. The fourth-order valence-corrected chi connectivity index (χ4v) is 17.4. The van der Waals surface area contributed by atoms with Gasteiger partial charge < -0.3 is 18.7 Å². The van der Waals surface area contributed by atoms with E-state index in [1.54, 1.807) is 0 Å². The largest absolute Gasteiger partial charge is 0.495 e. The first-order valence-corrected chi connectivity index (χ1v) is 20.3. The van der Waals surface area contributed by atoms with E-state index in [-0.39, 0.29) is 23.4 Å². The van der Waals surface area contributed by atoms with Gasteiger partial charge in [0.15, 0.2) is 0 Å². The molecule has 0 amide bonds. The second kappa shape index (κ2) is 14.8. The summed E-state index contributed by atoms with van der Waals surface area (Å²) in [6.45, 7) is 23.5. The molecule has 4 nitrogen and oxygen atoms in total. The van der Waals surface area contributed by atoms with E-state index < -0.39 is 16.6 Å². The fraction of sp³-hybridized carbons (Fsp3) is 0.611. The molecule has 0 unspecified atom stereocenters. The van der Waals surface area contributed by atoms with Crippen LogP contribution in [-0.4, -0.2) is 46.7 Å². The van der Waals surface area contributed by atoms with Gasteiger partial charge in [0.2, 0.25) is 8.32 Å².